The monoisotopic (exact) mass is 215 g/mol. The van der Waals surface area contributed by atoms with Crippen LogP contribution in [-0.4, -0.2) is 31.0 Å². The number of hydrogen-bond acceptors (Lipinski definition) is 3. The third-order valence-electron chi connectivity index (χ3n) is 3.17. The van der Waals surface area contributed by atoms with Crippen molar-refractivity contribution in [1.82, 2.24) is 0 Å². The van der Waals surface area contributed by atoms with Gasteiger partial charge in [-0.15, -0.1) is 0 Å². The highest BCUT2D eigenvalue weighted by atomic mass is 16.5. The maximum atomic E-state index is 6.20. The summed E-state index contributed by atoms with van der Waals surface area (Å²) in [5.74, 6) is 0. The van der Waals surface area contributed by atoms with E-state index in [1.54, 1.807) is 0 Å². The Kier molecular flexibility index (Phi) is 5.03. The van der Waals surface area contributed by atoms with Gasteiger partial charge in [0.15, 0.2) is 0 Å². The van der Waals surface area contributed by atoms with Gasteiger partial charge in [0, 0.05) is 6.61 Å². The third-order valence-corrected chi connectivity index (χ3v) is 3.17. The summed E-state index contributed by atoms with van der Waals surface area (Å²) in [5, 5.41) is 0. The lowest BCUT2D eigenvalue weighted by Gasteiger charge is -2.35. The van der Waals surface area contributed by atoms with Crippen LogP contribution in [0.4, 0.5) is 0 Å². The Morgan fingerprint density at radius 3 is 2.33 bits per heavy atom. The Morgan fingerprint density at radius 1 is 1.27 bits per heavy atom. The average Bonchev–Trinajstić information content (AvgIpc) is 2.64. The van der Waals surface area contributed by atoms with Crippen molar-refractivity contribution in [3.05, 3.63) is 0 Å². The van der Waals surface area contributed by atoms with Crippen molar-refractivity contribution in [3.8, 4) is 0 Å². The van der Waals surface area contributed by atoms with Gasteiger partial charge in [0.2, 0.25) is 0 Å². The van der Waals surface area contributed by atoms with Crippen LogP contribution >= 0.6 is 0 Å². The fraction of sp³-hybridized carbons (Fsp3) is 1.00. The van der Waals surface area contributed by atoms with Crippen molar-refractivity contribution in [2.24, 2.45) is 5.73 Å². The van der Waals surface area contributed by atoms with E-state index in [0.717, 1.165) is 19.4 Å². The molecule has 1 saturated carbocycles. The van der Waals surface area contributed by atoms with Crippen LogP contribution in [0.5, 0.6) is 0 Å². The summed E-state index contributed by atoms with van der Waals surface area (Å²) in [7, 11) is 0. The van der Waals surface area contributed by atoms with Gasteiger partial charge < -0.3 is 15.2 Å². The molecule has 1 atom stereocenters. The van der Waals surface area contributed by atoms with Gasteiger partial charge >= 0.3 is 0 Å². The minimum atomic E-state index is -0.107. The van der Waals surface area contributed by atoms with Crippen molar-refractivity contribution in [1.29, 1.82) is 0 Å². The molecule has 15 heavy (non-hydrogen) atoms. The van der Waals surface area contributed by atoms with E-state index in [0.29, 0.717) is 6.61 Å². The van der Waals surface area contributed by atoms with Crippen LogP contribution < -0.4 is 5.73 Å². The first-order valence-electron chi connectivity index (χ1n) is 6.12. The van der Waals surface area contributed by atoms with Crippen LogP contribution in [0.15, 0.2) is 0 Å². The van der Waals surface area contributed by atoms with Crippen LogP contribution in [0.1, 0.15) is 46.5 Å². The molecule has 0 amide bonds. The molecule has 0 bridgehead atoms. The molecule has 3 nitrogen and oxygen atoms in total. The standard InChI is InChI=1S/C12H25NO2/c1-4-15-12(7-5-6-8-12)11(13)9-14-10(2)3/h10-11H,4-9,13H2,1-3H3. The zero-order chi connectivity index (χ0) is 11.3. The molecule has 1 unspecified atom stereocenters. The quantitative estimate of drug-likeness (QED) is 0.738. The lowest BCUT2D eigenvalue weighted by molar-refractivity contribution is -0.0763. The van der Waals surface area contributed by atoms with Crippen molar-refractivity contribution < 1.29 is 9.47 Å². The molecule has 90 valence electrons. The van der Waals surface area contributed by atoms with Gasteiger partial charge in [0.1, 0.15) is 0 Å². The SMILES string of the molecule is CCOC1(C(N)COC(C)C)CCCC1. The van der Waals surface area contributed by atoms with Crippen LogP contribution in [-0.2, 0) is 9.47 Å². The molecule has 2 N–H and O–H groups in total. The molecule has 0 aliphatic heterocycles. The summed E-state index contributed by atoms with van der Waals surface area (Å²) >= 11 is 0. The third kappa shape index (κ3) is 3.44. The first-order chi connectivity index (χ1) is 7.10. The molecule has 1 rings (SSSR count). The van der Waals surface area contributed by atoms with E-state index in [1.807, 2.05) is 20.8 Å². The first-order valence-corrected chi connectivity index (χ1v) is 6.12. The Hall–Kier alpha value is -0.120. The van der Waals surface area contributed by atoms with Crippen molar-refractivity contribution in [2.45, 2.75) is 64.2 Å². The molecule has 0 radical (unpaired) electrons. The van der Waals surface area contributed by atoms with Crippen molar-refractivity contribution in [3.63, 3.8) is 0 Å². The number of ether oxygens (including phenoxy) is 2. The van der Waals surface area contributed by atoms with Crippen LogP contribution in [0.3, 0.4) is 0 Å². The topological polar surface area (TPSA) is 44.5 Å². The molecule has 0 aromatic rings. The van der Waals surface area contributed by atoms with Gasteiger partial charge in [-0.25, -0.2) is 0 Å². The largest absolute Gasteiger partial charge is 0.377 e. The smallest absolute Gasteiger partial charge is 0.0855 e. The van der Waals surface area contributed by atoms with Gasteiger partial charge in [-0.2, -0.15) is 0 Å². The van der Waals surface area contributed by atoms with E-state index in [4.69, 9.17) is 15.2 Å². The van der Waals surface area contributed by atoms with Gasteiger partial charge in [-0.1, -0.05) is 12.8 Å². The van der Waals surface area contributed by atoms with Crippen molar-refractivity contribution in [2.75, 3.05) is 13.2 Å². The van der Waals surface area contributed by atoms with Crippen LogP contribution in [0.2, 0.25) is 0 Å². The summed E-state index contributed by atoms with van der Waals surface area (Å²) in [4.78, 5) is 0. The zero-order valence-corrected chi connectivity index (χ0v) is 10.3. The fourth-order valence-electron chi connectivity index (χ4n) is 2.33. The minimum absolute atomic E-state index is 0.0161. The molecule has 3 heteroatoms. The second kappa shape index (κ2) is 5.83. The van der Waals surface area contributed by atoms with Gasteiger partial charge in [-0.05, 0) is 33.6 Å². The molecule has 1 aliphatic rings. The lowest BCUT2D eigenvalue weighted by Crippen LogP contribution is -2.51. The molecular formula is C12H25NO2. The number of nitrogens with two attached hydrogens (primary N) is 1. The summed E-state index contributed by atoms with van der Waals surface area (Å²) in [6, 6.07) is 0.0161. The van der Waals surface area contributed by atoms with Crippen LogP contribution in [0.25, 0.3) is 0 Å². The van der Waals surface area contributed by atoms with E-state index in [1.165, 1.54) is 12.8 Å². The Balaban J connectivity index is 2.47. The molecular weight excluding hydrogens is 190 g/mol. The second-order valence-corrected chi connectivity index (χ2v) is 4.69. The van der Waals surface area contributed by atoms with E-state index in [9.17, 15) is 0 Å². The molecule has 1 fully saturated rings. The summed E-state index contributed by atoms with van der Waals surface area (Å²) in [5.41, 5.74) is 6.09. The number of hydrogen-bond donors (Lipinski definition) is 1. The highest BCUT2D eigenvalue weighted by Gasteiger charge is 2.40. The number of rotatable bonds is 6. The van der Waals surface area contributed by atoms with Gasteiger partial charge in [-0.3, -0.25) is 0 Å². The Morgan fingerprint density at radius 2 is 1.87 bits per heavy atom. The van der Waals surface area contributed by atoms with Crippen molar-refractivity contribution >= 4 is 0 Å². The maximum Gasteiger partial charge on any atom is 0.0855 e. The van der Waals surface area contributed by atoms with E-state index in [-0.39, 0.29) is 17.7 Å². The summed E-state index contributed by atoms with van der Waals surface area (Å²) in [6.07, 6.45) is 4.88. The average molecular weight is 215 g/mol. The normalized spacial score (nSPS) is 22.2. The fourth-order valence-corrected chi connectivity index (χ4v) is 2.33. The lowest BCUT2D eigenvalue weighted by atomic mass is 9.93. The Labute approximate surface area is 93.3 Å². The zero-order valence-electron chi connectivity index (χ0n) is 10.3. The summed E-state index contributed by atoms with van der Waals surface area (Å²) in [6.45, 7) is 7.46. The molecule has 0 aromatic carbocycles. The molecule has 0 aromatic heterocycles. The van der Waals surface area contributed by atoms with E-state index < -0.39 is 0 Å². The minimum Gasteiger partial charge on any atom is -0.377 e. The van der Waals surface area contributed by atoms with Gasteiger partial charge in [0.25, 0.3) is 0 Å². The van der Waals surface area contributed by atoms with E-state index in [2.05, 4.69) is 0 Å². The Bertz CT molecular complexity index is 176. The highest BCUT2D eigenvalue weighted by molar-refractivity contribution is 4.95. The molecule has 0 spiro atoms. The first kappa shape index (κ1) is 12.9. The highest BCUT2D eigenvalue weighted by Crippen LogP contribution is 2.35. The van der Waals surface area contributed by atoms with E-state index >= 15 is 0 Å². The second-order valence-electron chi connectivity index (χ2n) is 4.69. The molecule has 1 aliphatic carbocycles. The molecule has 0 saturated heterocycles. The predicted octanol–water partition coefficient (Wildman–Crippen LogP) is 2.09. The maximum absolute atomic E-state index is 6.20. The predicted molar refractivity (Wildman–Crippen MR) is 61.9 cm³/mol. The van der Waals surface area contributed by atoms with Gasteiger partial charge in [0.05, 0.1) is 24.4 Å². The summed E-state index contributed by atoms with van der Waals surface area (Å²) < 4.78 is 11.5. The molecule has 0 heterocycles. The van der Waals surface area contributed by atoms with Crippen LogP contribution in [0, 0.1) is 0 Å².